The van der Waals surface area contributed by atoms with Gasteiger partial charge in [0.05, 0.1) is 28.4 Å². The lowest BCUT2D eigenvalue weighted by molar-refractivity contribution is -0.148. The number of benzene rings is 2. The number of aryl methyl sites for hydroxylation is 1. The zero-order valence-electron chi connectivity index (χ0n) is 23.0. The maximum Gasteiger partial charge on any atom is 0.326 e. The summed E-state index contributed by atoms with van der Waals surface area (Å²) in [4.78, 5) is 35.8. The number of sulfonamides is 1. The molecule has 42 heavy (non-hydrogen) atoms. The molecule has 0 aliphatic rings. The average molecular weight is 614 g/mol. The van der Waals surface area contributed by atoms with E-state index in [9.17, 15) is 26.8 Å². The van der Waals surface area contributed by atoms with Crippen LogP contribution in [0.1, 0.15) is 42.8 Å². The Morgan fingerprint density at radius 1 is 1.14 bits per heavy atom. The molecule has 0 fully saturated rings. The summed E-state index contributed by atoms with van der Waals surface area (Å²) in [5.74, 6) is -1.37. The van der Waals surface area contributed by atoms with Gasteiger partial charge < -0.3 is 24.4 Å². The van der Waals surface area contributed by atoms with E-state index >= 15 is 0 Å². The molecule has 0 spiro atoms. The molecule has 12 nitrogen and oxygen atoms in total. The monoisotopic (exact) mass is 613 g/mol. The van der Waals surface area contributed by atoms with E-state index in [0.717, 1.165) is 6.42 Å². The number of aromatic nitrogens is 1. The lowest BCUT2D eigenvalue weighted by Crippen LogP contribution is -2.28. The van der Waals surface area contributed by atoms with E-state index in [2.05, 4.69) is 15.6 Å². The smallest absolute Gasteiger partial charge is 0.326 e. The minimum atomic E-state index is -4.13. The lowest BCUT2D eigenvalue weighted by atomic mass is 10.1. The predicted octanol–water partition coefficient (Wildman–Crippen LogP) is 4.48. The van der Waals surface area contributed by atoms with E-state index in [1.807, 2.05) is 18.7 Å². The Kier molecular flexibility index (Phi) is 9.73. The summed E-state index contributed by atoms with van der Waals surface area (Å²) in [6.07, 6.45) is 2.26. The second-order valence-corrected chi connectivity index (χ2v) is 12.1. The van der Waals surface area contributed by atoms with Gasteiger partial charge in [-0.05, 0) is 65.2 Å². The van der Waals surface area contributed by atoms with Crippen LogP contribution in [0.3, 0.4) is 0 Å². The molecule has 4 rings (SSSR count). The molecular weight excluding hydrogens is 584 g/mol. The molecule has 0 bridgehead atoms. The van der Waals surface area contributed by atoms with Crippen molar-refractivity contribution >= 4 is 55.3 Å². The zero-order chi connectivity index (χ0) is 30.4. The second-order valence-electron chi connectivity index (χ2n) is 9.55. The molecular formula is C28H29N4O8S2-. The molecule has 0 saturated heterocycles. The van der Waals surface area contributed by atoms with Crippen LogP contribution in [-0.2, 0) is 30.7 Å². The summed E-state index contributed by atoms with van der Waals surface area (Å²) in [6, 6.07) is 14.2. The Bertz CT molecular complexity index is 1740. The standard InChI is InChI=1S/C28H30N4O8S2/c1-4-17(2)13-25(33)40-32-42(37,38)21-8-5-7-19(14-21)22-12-11-20(15-29-22)31-28(34)27-18(3)26-23(30-16-41(35)36)9-6-10-24(26)39-27/h5-12,14-15,17,30,32H,4,13,16H2,1-3H3,(H,31,34)(H,35,36)/p-1. The first-order chi connectivity index (χ1) is 20.0. The number of carbonyl (C=O) groups is 2. The van der Waals surface area contributed by atoms with Crippen LogP contribution in [0, 0.1) is 12.8 Å². The van der Waals surface area contributed by atoms with E-state index < -0.39 is 33.0 Å². The first kappa shape index (κ1) is 30.8. The van der Waals surface area contributed by atoms with Crippen LogP contribution in [0.15, 0.2) is 70.1 Å². The van der Waals surface area contributed by atoms with Gasteiger partial charge in [-0.25, -0.2) is 8.42 Å². The van der Waals surface area contributed by atoms with Crippen molar-refractivity contribution in [2.24, 2.45) is 5.92 Å². The first-order valence-corrected chi connectivity index (χ1v) is 15.6. The molecule has 0 aliphatic heterocycles. The summed E-state index contributed by atoms with van der Waals surface area (Å²) >= 11 is -2.30. The summed E-state index contributed by atoms with van der Waals surface area (Å²) in [5, 5.41) is 6.12. The van der Waals surface area contributed by atoms with Gasteiger partial charge in [-0.1, -0.05) is 38.5 Å². The van der Waals surface area contributed by atoms with Gasteiger partial charge in [-0.2, -0.15) is 0 Å². The van der Waals surface area contributed by atoms with E-state index in [1.54, 1.807) is 43.3 Å². The van der Waals surface area contributed by atoms with Crippen LogP contribution in [0.2, 0.25) is 0 Å². The van der Waals surface area contributed by atoms with Gasteiger partial charge >= 0.3 is 5.97 Å². The minimum Gasteiger partial charge on any atom is -0.771 e. The fraction of sp³-hybridized carbons (Fsp3) is 0.250. The van der Waals surface area contributed by atoms with E-state index in [-0.39, 0.29) is 28.9 Å². The molecule has 2 heterocycles. The first-order valence-electron chi connectivity index (χ1n) is 12.9. The number of hydrogen-bond acceptors (Lipinski definition) is 10. The normalized spacial score (nSPS) is 13.0. The molecule has 2 aromatic heterocycles. The summed E-state index contributed by atoms with van der Waals surface area (Å²) in [6.45, 7) is 5.48. The van der Waals surface area contributed by atoms with Crippen LogP contribution >= 0.6 is 0 Å². The number of fused-ring (bicyclic) bond motifs is 1. The van der Waals surface area contributed by atoms with E-state index in [0.29, 0.717) is 39.2 Å². The highest BCUT2D eigenvalue weighted by atomic mass is 32.2. The number of nitrogens with zero attached hydrogens (tertiary/aromatic N) is 1. The van der Waals surface area contributed by atoms with Crippen LogP contribution in [-0.4, -0.2) is 39.9 Å². The largest absolute Gasteiger partial charge is 0.771 e. The molecule has 4 aromatic rings. The fourth-order valence-corrected chi connectivity index (χ4v) is 5.18. The molecule has 0 aliphatic carbocycles. The van der Waals surface area contributed by atoms with Gasteiger partial charge in [-0.3, -0.25) is 18.8 Å². The van der Waals surface area contributed by atoms with Gasteiger partial charge in [0.15, 0.2) is 5.76 Å². The number of furan rings is 1. The molecule has 2 aromatic carbocycles. The SMILES string of the molecule is CCC(C)CC(=O)ONS(=O)(=O)c1cccc(-c2ccc(NC(=O)c3oc4cccc(NCS(=O)[O-])c4c3C)cn2)c1. The number of amides is 1. The van der Waals surface area contributed by atoms with Crippen LogP contribution in [0.25, 0.3) is 22.2 Å². The summed E-state index contributed by atoms with van der Waals surface area (Å²) in [7, 11) is -4.13. The summed E-state index contributed by atoms with van der Waals surface area (Å²) < 4.78 is 53.0. The van der Waals surface area contributed by atoms with Crippen molar-refractivity contribution in [3.05, 3.63) is 72.1 Å². The molecule has 14 heteroatoms. The fourth-order valence-electron chi connectivity index (χ4n) is 4.07. The maximum atomic E-state index is 13.0. The summed E-state index contributed by atoms with van der Waals surface area (Å²) in [5.41, 5.74) is 2.75. The molecule has 0 radical (unpaired) electrons. The predicted molar refractivity (Wildman–Crippen MR) is 156 cm³/mol. The molecule has 3 N–H and O–H groups in total. The van der Waals surface area contributed by atoms with Crippen LogP contribution in [0.4, 0.5) is 11.4 Å². The zero-order valence-corrected chi connectivity index (χ0v) is 24.6. The number of rotatable bonds is 12. The topological polar surface area (TPSA) is 180 Å². The number of carbonyl (C=O) groups excluding carboxylic acids is 2. The molecule has 0 saturated carbocycles. The lowest BCUT2D eigenvalue weighted by Gasteiger charge is -2.10. The Morgan fingerprint density at radius 2 is 1.90 bits per heavy atom. The molecule has 2 atom stereocenters. The van der Waals surface area contributed by atoms with Gasteiger partial charge in [-0.15, -0.1) is 0 Å². The average Bonchev–Trinajstić information content (AvgIpc) is 3.32. The van der Waals surface area contributed by atoms with Crippen molar-refractivity contribution in [3.8, 4) is 11.3 Å². The van der Waals surface area contributed by atoms with Crippen LogP contribution < -0.4 is 15.5 Å². The van der Waals surface area contributed by atoms with Crippen molar-refractivity contribution < 1.29 is 36.0 Å². The number of hydrogen-bond donors (Lipinski definition) is 3. The number of nitrogens with one attached hydrogen (secondary N) is 3. The van der Waals surface area contributed by atoms with Crippen molar-refractivity contribution in [2.75, 3.05) is 16.5 Å². The highest BCUT2D eigenvalue weighted by molar-refractivity contribution is 7.89. The third-order valence-corrected chi connectivity index (χ3v) is 8.04. The van der Waals surface area contributed by atoms with Crippen LogP contribution in [0.5, 0.6) is 0 Å². The second kappa shape index (κ2) is 13.2. The van der Waals surface area contributed by atoms with E-state index in [4.69, 9.17) is 9.25 Å². The van der Waals surface area contributed by atoms with Crippen molar-refractivity contribution in [1.82, 2.24) is 9.87 Å². The number of anilines is 2. The van der Waals surface area contributed by atoms with Gasteiger partial charge in [0.1, 0.15) is 5.58 Å². The van der Waals surface area contributed by atoms with Gasteiger partial charge in [0.25, 0.3) is 15.9 Å². The van der Waals surface area contributed by atoms with Crippen molar-refractivity contribution in [2.45, 2.75) is 38.5 Å². The maximum absolute atomic E-state index is 13.0. The highest BCUT2D eigenvalue weighted by Crippen LogP contribution is 2.32. The Morgan fingerprint density at radius 3 is 2.60 bits per heavy atom. The Hall–Kier alpha value is -4.11. The van der Waals surface area contributed by atoms with E-state index in [1.165, 1.54) is 24.4 Å². The third kappa shape index (κ3) is 7.39. The van der Waals surface area contributed by atoms with Gasteiger partial charge in [0, 0.05) is 28.6 Å². The third-order valence-electron chi connectivity index (χ3n) is 6.48. The molecule has 222 valence electrons. The molecule has 1 amide bonds. The van der Waals surface area contributed by atoms with Crippen molar-refractivity contribution in [3.63, 3.8) is 0 Å². The van der Waals surface area contributed by atoms with Crippen molar-refractivity contribution in [1.29, 1.82) is 0 Å². The minimum absolute atomic E-state index is 0.0573. The molecule has 2 unspecified atom stereocenters. The van der Waals surface area contributed by atoms with Gasteiger partial charge in [0.2, 0.25) is 0 Å². The Labute approximate surface area is 245 Å². The highest BCUT2D eigenvalue weighted by Gasteiger charge is 2.21. The quantitative estimate of drug-likeness (QED) is 0.152. The Balaban J connectivity index is 1.46. The number of pyridine rings is 1.